The van der Waals surface area contributed by atoms with Gasteiger partial charge >= 0.3 is 0 Å². The Hall–Kier alpha value is -3.49. The topological polar surface area (TPSA) is 71.4 Å². The summed E-state index contributed by atoms with van der Waals surface area (Å²) >= 11 is 1.58. The van der Waals surface area contributed by atoms with Crippen molar-refractivity contribution in [2.45, 2.75) is 13.0 Å². The third kappa shape index (κ3) is 4.40. The van der Waals surface area contributed by atoms with Crippen LogP contribution in [0.15, 0.2) is 54.0 Å². The van der Waals surface area contributed by atoms with Crippen molar-refractivity contribution in [3.8, 4) is 33.8 Å². The molecule has 0 atom stereocenters. The van der Waals surface area contributed by atoms with Crippen LogP contribution in [0.25, 0.3) is 27.3 Å². The molecule has 4 heterocycles. The highest BCUT2D eigenvalue weighted by molar-refractivity contribution is 7.13. The molecule has 0 saturated carbocycles. The van der Waals surface area contributed by atoms with Crippen LogP contribution in [0.5, 0.6) is 0 Å². The number of fused-ring (bicyclic) bond motifs is 1. The summed E-state index contributed by atoms with van der Waals surface area (Å²) in [5.74, 6) is 0. The molecule has 0 bridgehead atoms. The Morgan fingerprint density at radius 3 is 2.48 bits per heavy atom. The Balaban J connectivity index is 1.60. The number of benzene rings is 1. The van der Waals surface area contributed by atoms with Crippen molar-refractivity contribution in [3.63, 3.8) is 0 Å². The second-order valence-corrected chi connectivity index (χ2v) is 9.40. The van der Waals surface area contributed by atoms with Crippen LogP contribution < -0.4 is 0 Å². The third-order valence-electron chi connectivity index (χ3n) is 6.20. The second-order valence-electron chi connectivity index (χ2n) is 8.49. The first kappa shape index (κ1) is 21.4. The van der Waals surface area contributed by atoms with E-state index in [-0.39, 0.29) is 0 Å². The Morgan fingerprint density at radius 1 is 0.939 bits per heavy atom. The number of likely N-dealkylation sites (N-methyl/N-ethyl adjacent to an activating group) is 1. The Labute approximate surface area is 197 Å². The molecule has 164 valence electrons. The standard InChI is InChI=1S/C26H24N6S/c1-30-9-2-10-31(12-11-30)17-23-26(21-5-3-19(14-27)4-6-21)29-25-8-7-22(16-32(23)25)24-13-20(15-28)18-33-24/h3-8,13,16,18H,2,9-12,17H2,1H3. The zero-order valence-electron chi connectivity index (χ0n) is 18.5. The number of pyridine rings is 1. The van der Waals surface area contributed by atoms with Gasteiger partial charge in [0.05, 0.1) is 28.6 Å². The van der Waals surface area contributed by atoms with Gasteiger partial charge in [0, 0.05) is 47.2 Å². The molecular formula is C26H24N6S. The molecule has 7 heteroatoms. The number of nitriles is 2. The molecule has 6 nitrogen and oxygen atoms in total. The summed E-state index contributed by atoms with van der Waals surface area (Å²) in [5.41, 5.74) is 6.44. The van der Waals surface area contributed by atoms with E-state index in [4.69, 9.17) is 4.98 Å². The first-order valence-electron chi connectivity index (χ1n) is 11.1. The van der Waals surface area contributed by atoms with Crippen LogP contribution >= 0.6 is 11.3 Å². The Morgan fingerprint density at radius 2 is 1.73 bits per heavy atom. The first-order chi connectivity index (χ1) is 16.1. The maximum Gasteiger partial charge on any atom is 0.137 e. The van der Waals surface area contributed by atoms with Gasteiger partial charge in [-0.3, -0.25) is 4.90 Å². The lowest BCUT2D eigenvalue weighted by molar-refractivity contribution is 0.266. The number of rotatable bonds is 4. The molecule has 0 N–H and O–H groups in total. The van der Waals surface area contributed by atoms with Crippen LogP contribution in [0.3, 0.4) is 0 Å². The van der Waals surface area contributed by atoms with E-state index < -0.39 is 0 Å². The number of nitrogens with zero attached hydrogens (tertiary/aromatic N) is 6. The van der Waals surface area contributed by atoms with E-state index in [2.05, 4.69) is 45.6 Å². The fraction of sp³-hybridized carbons (Fsp3) is 0.269. The summed E-state index contributed by atoms with van der Waals surface area (Å²) in [6.45, 7) is 5.06. The molecule has 0 spiro atoms. The van der Waals surface area contributed by atoms with Crippen molar-refractivity contribution in [1.29, 1.82) is 10.5 Å². The zero-order chi connectivity index (χ0) is 22.8. The van der Waals surface area contributed by atoms with Crippen molar-refractivity contribution in [2.24, 2.45) is 0 Å². The van der Waals surface area contributed by atoms with E-state index in [0.717, 1.165) is 72.2 Å². The molecule has 0 unspecified atom stereocenters. The number of hydrogen-bond acceptors (Lipinski definition) is 6. The highest BCUT2D eigenvalue weighted by atomic mass is 32.1. The lowest BCUT2D eigenvalue weighted by Crippen LogP contribution is -2.29. The van der Waals surface area contributed by atoms with Gasteiger partial charge in [-0.15, -0.1) is 11.3 Å². The van der Waals surface area contributed by atoms with Crippen molar-refractivity contribution < 1.29 is 0 Å². The molecule has 5 rings (SSSR count). The third-order valence-corrected chi connectivity index (χ3v) is 7.18. The SMILES string of the molecule is CN1CCCN(Cc2c(-c3ccc(C#N)cc3)nc3ccc(-c4cc(C#N)cs4)cn23)CC1. The van der Waals surface area contributed by atoms with Gasteiger partial charge in [0.25, 0.3) is 0 Å². The molecule has 1 aliphatic heterocycles. The van der Waals surface area contributed by atoms with E-state index in [0.29, 0.717) is 11.1 Å². The number of hydrogen-bond donors (Lipinski definition) is 0. The fourth-order valence-electron chi connectivity index (χ4n) is 4.34. The molecule has 0 amide bonds. The summed E-state index contributed by atoms with van der Waals surface area (Å²) in [7, 11) is 2.18. The molecular weight excluding hydrogens is 428 g/mol. The van der Waals surface area contributed by atoms with Gasteiger partial charge in [-0.2, -0.15) is 10.5 Å². The van der Waals surface area contributed by atoms with E-state index >= 15 is 0 Å². The van der Waals surface area contributed by atoms with Crippen LogP contribution in [0, 0.1) is 22.7 Å². The molecule has 1 aliphatic rings. The van der Waals surface area contributed by atoms with E-state index in [9.17, 15) is 10.5 Å². The lowest BCUT2D eigenvalue weighted by atomic mass is 10.1. The molecule has 1 aromatic carbocycles. The number of imidazole rings is 1. The summed E-state index contributed by atoms with van der Waals surface area (Å²) in [6.07, 6.45) is 3.29. The van der Waals surface area contributed by atoms with Crippen molar-refractivity contribution in [3.05, 3.63) is 70.9 Å². The maximum absolute atomic E-state index is 9.22. The van der Waals surface area contributed by atoms with Crippen molar-refractivity contribution >= 4 is 17.0 Å². The Kier molecular flexibility index (Phi) is 5.93. The van der Waals surface area contributed by atoms with Crippen LogP contribution in [0.2, 0.25) is 0 Å². The predicted octanol–water partition coefficient (Wildman–Crippen LogP) is 4.61. The molecule has 1 fully saturated rings. The molecule has 0 radical (unpaired) electrons. The summed E-state index contributed by atoms with van der Waals surface area (Å²) in [4.78, 5) is 11.0. The van der Waals surface area contributed by atoms with Gasteiger partial charge in [-0.1, -0.05) is 12.1 Å². The van der Waals surface area contributed by atoms with E-state index in [1.807, 2.05) is 41.8 Å². The summed E-state index contributed by atoms with van der Waals surface area (Å²) in [5, 5.41) is 20.3. The van der Waals surface area contributed by atoms with Crippen LogP contribution in [-0.2, 0) is 6.54 Å². The predicted molar refractivity (Wildman–Crippen MR) is 131 cm³/mol. The average molecular weight is 453 g/mol. The lowest BCUT2D eigenvalue weighted by Gasteiger charge is -2.20. The molecule has 0 aliphatic carbocycles. The molecule has 33 heavy (non-hydrogen) atoms. The monoisotopic (exact) mass is 452 g/mol. The van der Waals surface area contributed by atoms with Crippen LogP contribution in [0.1, 0.15) is 23.2 Å². The van der Waals surface area contributed by atoms with Gasteiger partial charge < -0.3 is 9.30 Å². The van der Waals surface area contributed by atoms with Crippen molar-refractivity contribution in [1.82, 2.24) is 19.2 Å². The number of aromatic nitrogens is 2. The zero-order valence-corrected chi connectivity index (χ0v) is 19.3. The minimum Gasteiger partial charge on any atom is -0.305 e. The van der Waals surface area contributed by atoms with Crippen LogP contribution in [0.4, 0.5) is 0 Å². The number of thiophene rings is 1. The smallest absolute Gasteiger partial charge is 0.137 e. The molecule has 1 saturated heterocycles. The highest BCUT2D eigenvalue weighted by Crippen LogP contribution is 2.31. The molecule has 3 aromatic heterocycles. The van der Waals surface area contributed by atoms with Gasteiger partial charge in [0.1, 0.15) is 11.7 Å². The quantitative estimate of drug-likeness (QED) is 0.452. The van der Waals surface area contributed by atoms with Crippen molar-refractivity contribution in [2.75, 3.05) is 33.2 Å². The van der Waals surface area contributed by atoms with Crippen LogP contribution in [-0.4, -0.2) is 52.4 Å². The van der Waals surface area contributed by atoms with Gasteiger partial charge in [-0.05, 0) is 56.9 Å². The normalized spacial score (nSPS) is 15.2. The highest BCUT2D eigenvalue weighted by Gasteiger charge is 2.20. The van der Waals surface area contributed by atoms with Gasteiger partial charge in [-0.25, -0.2) is 4.98 Å². The average Bonchev–Trinajstić information content (AvgIpc) is 3.41. The first-order valence-corrected chi connectivity index (χ1v) is 11.9. The maximum atomic E-state index is 9.22. The molecule has 4 aromatic rings. The summed E-state index contributed by atoms with van der Waals surface area (Å²) < 4.78 is 2.20. The minimum atomic E-state index is 0.646. The Bertz CT molecular complexity index is 1370. The van der Waals surface area contributed by atoms with Gasteiger partial charge in [0.15, 0.2) is 0 Å². The van der Waals surface area contributed by atoms with E-state index in [1.54, 1.807) is 11.3 Å². The van der Waals surface area contributed by atoms with Gasteiger partial charge in [0.2, 0.25) is 0 Å². The van der Waals surface area contributed by atoms with E-state index in [1.165, 1.54) is 0 Å². The largest absolute Gasteiger partial charge is 0.305 e. The fourth-order valence-corrected chi connectivity index (χ4v) is 5.17. The minimum absolute atomic E-state index is 0.646. The summed E-state index contributed by atoms with van der Waals surface area (Å²) in [6, 6.07) is 18.2. The second kappa shape index (κ2) is 9.17.